The third kappa shape index (κ3) is 2.53. The van der Waals surface area contributed by atoms with Crippen LogP contribution in [0.5, 0.6) is 5.75 Å². The van der Waals surface area contributed by atoms with Crippen molar-refractivity contribution in [1.29, 1.82) is 0 Å². The smallest absolute Gasteiger partial charge is 0.224 e. The molecule has 0 aliphatic carbocycles. The zero-order valence-corrected chi connectivity index (χ0v) is 11.4. The van der Waals surface area contributed by atoms with Gasteiger partial charge in [0.15, 0.2) is 0 Å². The van der Waals surface area contributed by atoms with E-state index in [0.717, 1.165) is 10.5 Å². The van der Waals surface area contributed by atoms with E-state index in [4.69, 9.17) is 0 Å². The Kier molecular flexibility index (Phi) is 3.44. The molecular weight excluding hydrogens is 268 g/mol. The summed E-state index contributed by atoms with van der Waals surface area (Å²) in [5.41, 5.74) is 2.30. The SMILES string of the molecule is O=C1SC(c2ccccc2)=CC1=Cc1ccccc1O. The molecule has 0 radical (unpaired) electrons. The quantitative estimate of drug-likeness (QED) is 0.842. The minimum absolute atomic E-state index is 0.00658. The summed E-state index contributed by atoms with van der Waals surface area (Å²) in [6, 6.07) is 16.8. The molecular formula is C17H12O2S. The van der Waals surface area contributed by atoms with Crippen molar-refractivity contribution in [3.63, 3.8) is 0 Å². The van der Waals surface area contributed by atoms with Gasteiger partial charge in [-0.1, -0.05) is 48.5 Å². The second kappa shape index (κ2) is 5.39. The van der Waals surface area contributed by atoms with Gasteiger partial charge >= 0.3 is 0 Å². The Hall–Kier alpha value is -2.26. The van der Waals surface area contributed by atoms with E-state index in [9.17, 15) is 9.90 Å². The molecule has 0 saturated carbocycles. The normalized spacial score (nSPS) is 16.5. The summed E-state index contributed by atoms with van der Waals surface area (Å²) in [6.45, 7) is 0. The number of allylic oxidation sites excluding steroid dienone is 1. The van der Waals surface area contributed by atoms with Crippen LogP contribution in [0.3, 0.4) is 0 Å². The summed E-state index contributed by atoms with van der Waals surface area (Å²) < 4.78 is 0. The van der Waals surface area contributed by atoms with E-state index in [0.29, 0.717) is 11.1 Å². The molecule has 0 fully saturated rings. The van der Waals surface area contributed by atoms with Gasteiger partial charge in [0.1, 0.15) is 5.75 Å². The maximum Gasteiger partial charge on any atom is 0.224 e. The van der Waals surface area contributed by atoms with Gasteiger partial charge in [-0.2, -0.15) is 0 Å². The Morgan fingerprint density at radius 2 is 1.65 bits per heavy atom. The van der Waals surface area contributed by atoms with Crippen LogP contribution >= 0.6 is 11.8 Å². The number of carbonyl (C=O) groups is 1. The lowest BCUT2D eigenvalue weighted by molar-refractivity contribution is -0.107. The van der Waals surface area contributed by atoms with Crippen molar-refractivity contribution in [3.05, 3.63) is 77.4 Å². The summed E-state index contributed by atoms with van der Waals surface area (Å²) in [5, 5.41) is 9.76. The molecule has 0 aromatic heterocycles. The van der Waals surface area contributed by atoms with E-state index in [1.54, 1.807) is 24.3 Å². The number of hydrogen-bond acceptors (Lipinski definition) is 3. The van der Waals surface area contributed by atoms with Gasteiger partial charge in [-0.15, -0.1) is 0 Å². The first kappa shape index (κ1) is 12.8. The fourth-order valence-electron chi connectivity index (χ4n) is 2.01. The van der Waals surface area contributed by atoms with E-state index in [1.165, 1.54) is 11.8 Å². The van der Waals surface area contributed by atoms with Gasteiger partial charge in [0.2, 0.25) is 5.12 Å². The number of carbonyl (C=O) groups excluding carboxylic acids is 1. The Bertz CT molecular complexity index is 715. The highest BCUT2D eigenvalue weighted by Gasteiger charge is 2.21. The highest BCUT2D eigenvalue weighted by molar-refractivity contribution is 8.22. The summed E-state index contributed by atoms with van der Waals surface area (Å²) in [4.78, 5) is 13.0. The molecule has 1 heterocycles. The fourth-order valence-corrected chi connectivity index (χ4v) is 2.89. The van der Waals surface area contributed by atoms with Crippen LogP contribution in [-0.4, -0.2) is 10.2 Å². The highest BCUT2D eigenvalue weighted by atomic mass is 32.2. The molecule has 1 aliphatic heterocycles. The highest BCUT2D eigenvalue weighted by Crippen LogP contribution is 2.38. The lowest BCUT2D eigenvalue weighted by atomic mass is 10.1. The molecule has 3 heteroatoms. The lowest BCUT2D eigenvalue weighted by Gasteiger charge is -1.98. The molecule has 1 N–H and O–H groups in total. The molecule has 0 bridgehead atoms. The predicted molar refractivity (Wildman–Crippen MR) is 83.1 cm³/mol. The predicted octanol–water partition coefficient (Wildman–Crippen LogP) is 4.09. The Morgan fingerprint density at radius 3 is 2.40 bits per heavy atom. The minimum atomic E-state index is 0.00658. The zero-order valence-electron chi connectivity index (χ0n) is 10.6. The summed E-state index contributed by atoms with van der Waals surface area (Å²) in [5.74, 6) is 0.180. The number of aromatic hydroxyl groups is 1. The average Bonchev–Trinajstić information content (AvgIpc) is 2.84. The molecule has 2 aromatic carbocycles. The third-order valence-corrected chi connectivity index (χ3v) is 4.03. The maximum absolute atomic E-state index is 12.0. The zero-order chi connectivity index (χ0) is 13.9. The largest absolute Gasteiger partial charge is 0.507 e. The molecule has 2 aromatic rings. The minimum Gasteiger partial charge on any atom is -0.507 e. The molecule has 3 rings (SSSR count). The van der Waals surface area contributed by atoms with E-state index in [1.807, 2.05) is 42.5 Å². The number of rotatable bonds is 2. The van der Waals surface area contributed by atoms with Crippen LogP contribution in [0.15, 0.2) is 66.2 Å². The molecule has 0 unspecified atom stereocenters. The Labute approximate surface area is 121 Å². The first-order valence-corrected chi connectivity index (χ1v) is 7.05. The van der Waals surface area contributed by atoms with Gasteiger partial charge in [-0.25, -0.2) is 0 Å². The molecule has 98 valence electrons. The molecule has 20 heavy (non-hydrogen) atoms. The molecule has 0 amide bonds. The van der Waals surface area contributed by atoms with E-state index in [-0.39, 0.29) is 10.9 Å². The Morgan fingerprint density at radius 1 is 0.950 bits per heavy atom. The van der Waals surface area contributed by atoms with Crippen molar-refractivity contribution in [2.75, 3.05) is 0 Å². The van der Waals surface area contributed by atoms with Gasteiger partial charge in [0.25, 0.3) is 0 Å². The summed E-state index contributed by atoms with van der Waals surface area (Å²) in [7, 11) is 0. The fraction of sp³-hybridized carbons (Fsp3) is 0. The standard InChI is InChI=1S/C17H12O2S/c18-15-9-5-4-8-13(15)10-14-11-16(20-17(14)19)12-6-2-1-3-7-12/h1-11,18H. The molecule has 0 saturated heterocycles. The van der Waals surface area contributed by atoms with Gasteiger partial charge < -0.3 is 5.11 Å². The molecule has 0 spiro atoms. The van der Waals surface area contributed by atoms with Gasteiger partial charge in [0.05, 0.1) is 0 Å². The second-order valence-electron chi connectivity index (χ2n) is 4.42. The maximum atomic E-state index is 12.0. The van der Waals surface area contributed by atoms with E-state index >= 15 is 0 Å². The van der Waals surface area contributed by atoms with Crippen LogP contribution in [0.1, 0.15) is 11.1 Å². The van der Waals surface area contributed by atoms with Crippen LogP contribution in [0.25, 0.3) is 11.0 Å². The van der Waals surface area contributed by atoms with E-state index in [2.05, 4.69) is 0 Å². The summed E-state index contributed by atoms with van der Waals surface area (Å²) in [6.07, 6.45) is 3.59. The van der Waals surface area contributed by atoms with Crippen molar-refractivity contribution in [2.45, 2.75) is 0 Å². The second-order valence-corrected chi connectivity index (χ2v) is 5.44. The molecule has 1 aliphatic rings. The van der Waals surface area contributed by atoms with Crippen molar-refractivity contribution >= 4 is 27.9 Å². The first-order valence-electron chi connectivity index (χ1n) is 6.23. The number of para-hydroxylation sites is 1. The van der Waals surface area contributed by atoms with Crippen molar-refractivity contribution in [3.8, 4) is 5.75 Å². The van der Waals surface area contributed by atoms with Crippen LogP contribution in [0.4, 0.5) is 0 Å². The average molecular weight is 280 g/mol. The first-order chi connectivity index (χ1) is 9.74. The van der Waals surface area contributed by atoms with Crippen molar-refractivity contribution < 1.29 is 9.90 Å². The summed E-state index contributed by atoms with van der Waals surface area (Å²) >= 11 is 1.22. The van der Waals surface area contributed by atoms with Crippen LogP contribution in [0.2, 0.25) is 0 Å². The number of phenolic OH excluding ortho intramolecular Hbond substituents is 1. The topological polar surface area (TPSA) is 37.3 Å². The number of thioether (sulfide) groups is 1. The van der Waals surface area contributed by atoms with Gasteiger partial charge in [0, 0.05) is 16.0 Å². The van der Waals surface area contributed by atoms with Crippen LogP contribution < -0.4 is 0 Å². The van der Waals surface area contributed by atoms with Gasteiger partial charge in [-0.3, -0.25) is 4.79 Å². The number of phenols is 1. The molecule has 0 atom stereocenters. The van der Waals surface area contributed by atoms with Crippen molar-refractivity contribution in [2.24, 2.45) is 0 Å². The van der Waals surface area contributed by atoms with Gasteiger partial charge in [-0.05, 0) is 35.5 Å². The number of hydrogen-bond donors (Lipinski definition) is 1. The lowest BCUT2D eigenvalue weighted by Crippen LogP contribution is -1.87. The molecule has 2 nitrogen and oxygen atoms in total. The van der Waals surface area contributed by atoms with Crippen molar-refractivity contribution in [1.82, 2.24) is 0 Å². The monoisotopic (exact) mass is 280 g/mol. The van der Waals surface area contributed by atoms with Crippen LogP contribution in [-0.2, 0) is 4.79 Å². The van der Waals surface area contributed by atoms with E-state index < -0.39 is 0 Å². The Balaban J connectivity index is 1.97. The third-order valence-electron chi connectivity index (χ3n) is 3.03. The van der Waals surface area contributed by atoms with Crippen LogP contribution in [0, 0.1) is 0 Å². The number of benzene rings is 2.